The van der Waals surface area contributed by atoms with Crippen molar-refractivity contribution in [3.05, 3.63) is 23.8 Å². The molecule has 0 saturated heterocycles. The Morgan fingerprint density at radius 3 is 2.93 bits per heavy atom. The van der Waals surface area contributed by atoms with Crippen LogP contribution in [0.2, 0.25) is 0 Å². The molecule has 1 aliphatic heterocycles. The highest BCUT2D eigenvalue weighted by atomic mass is 16.5. The number of ether oxygens (including phenoxy) is 1. The van der Waals surface area contributed by atoms with E-state index in [1.807, 2.05) is 0 Å². The van der Waals surface area contributed by atoms with Gasteiger partial charge in [-0.15, -0.1) is 0 Å². The van der Waals surface area contributed by atoms with Crippen LogP contribution in [0.3, 0.4) is 0 Å². The summed E-state index contributed by atoms with van der Waals surface area (Å²) in [5, 5.41) is 0. The van der Waals surface area contributed by atoms with E-state index in [1.165, 1.54) is 24.1 Å². The molecule has 1 aromatic rings. The predicted octanol–water partition coefficient (Wildman–Crippen LogP) is 2.86. The van der Waals surface area contributed by atoms with Gasteiger partial charge in [0.25, 0.3) is 0 Å². The first kappa shape index (κ1) is 10.3. The van der Waals surface area contributed by atoms with Crippen LogP contribution in [0.4, 0.5) is 5.69 Å². The SMILES string of the molecule is CCCN1c2cc(OC)ccc2CC1C. The summed E-state index contributed by atoms with van der Waals surface area (Å²) >= 11 is 0. The van der Waals surface area contributed by atoms with Crippen LogP contribution < -0.4 is 9.64 Å². The summed E-state index contributed by atoms with van der Waals surface area (Å²) in [6.45, 7) is 5.66. The van der Waals surface area contributed by atoms with Gasteiger partial charge >= 0.3 is 0 Å². The van der Waals surface area contributed by atoms with Gasteiger partial charge in [0.1, 0.15) is 5.75 Å². The number of nitrogens with zero attached hydrogens (tertiary/aromatic N) is 1. The van der Waals surface area contributed by atoms with Gasteiger partial charge in [-0.25, -0.2) is 0 Å². The maximum Gasteiger partial charge on any atom is 0.120 e. The third kappa shape index (κ3) is 1.81. The van der Waals surface area contributed by atoms with Gasteiger partial charge in [0.05, 0.1) is 7.11 Å². The Morgan fingerprint density at radius 2 is 2.27 bits per heavy atom. The van der Waals surface area contributed by atoms with Crippen LogP contribution in [0.25, 0.3) is 0 Å². The van der Waals surface area contributed by atoms with Crippen molar-refractivity contribution < 1.29 is 4.74 Å². The Balaban J connectivity index is 2.32. The number of anilines is 1. The molecule has 0 bridgehead atoms. The van der Waals surface area contributed by atoms with Crippen molar-refractivity contribution in [3.63, 3.8) is 0 Å². The summed E-state index contributed by atoms with van der Waals surface area (Å²) in [4.78, 5) is 2.48. The second kappa shape index (κ2) is 4.13. The van der Waals surface area contributed by atoms with Gasteiger partial charge in [0.2, 0.25) is 0 Å². The molecule has 0 radical (unpaired) electrons. The van der Waals surface area contributed by atoms with Crippen molar-refractivity contribution in [2.45, 2.75) is 32.7 Å². The molecule has 1 heterocycles. The molecule has 0 spiro atoms. The summed E-state index contributed by atoms with van der Waals surface area (Å²) in [5.41, 5.74) is 2.82. The minimum Gasteiger partial charge on any atom is -0.497 e. The molecular weight excluding hydrogens is 186 g/mol. The molecule has 0 aliphatic carbocycles. The number of hydrogen-bond acceptors (Lipinski definition) is 2. The minimum atomic E-state index is 0.632. The smallest absolute Gasteiger partial charge is 0.120 e. The molecule has 0 amide bonds. The van der Waals surface area contributed by atoms with Gasteiger partial charge in [-0.05, 0) is 31.4 Å². The average molecular weight is 205 g/mol. The Morgan fingerprint density at radius 1 is 1.47 bits per heavy atom. The van der Waals surface area contributed by atoms with E-state index in [9.17, 15) is 0 Å². The lowest BCUT2D eigenvalue weighted by Crippen LogP contribution is -2.29. The second-order valence-corrected chi connectivity index (χ2v) is 4.24. The number of benzene rings is 1. The number of hydrogen-bond donors (Lipinski definition) is 0. The molecule has 15 heavy (non-hydrogen) atoms. The Labute approximate surface area is 91.9 Å². The van der Waals surface area contributed by atoms with Crippen LogP contribution in [0.15, 0.2) is 18.2 Å². The van der Waals surface area contributed by atoms with E-state index in [0.29, 0.717) is 6.04 Å². The zero-order chi connectivity index (χ0) is 10.8. The predicted molar refractivity (Wildman–Crippen MR) is 63.8 cm³/mol. The van der Waals surface area contributed by atoms with Gasteiger partial charge in [-0.3, -0.25) is 0 Å². The molecule has 82 valence electrons. The topological polar surface area (TPSA) is 12.5 Å². The van der Waals surface area contributed by atoms with Gasteiger partial charge in [-0.2, -0.15) is 0 Å². The van der Waals surface area contributed by atoms with Gasteiger partial charge in [0.15, 0.2) is 0 Å². The Kier molecular flexibility index (Phi) is 2.85. The van der Waals surface area contributed by atoms with Gasteiger partial charge in [-0.1, -0.05) is 13.0 Å². The molecule has 0 saturated carbocycles. The molecule has 1 unspecified atom stereocenters. The highest BCUT2D eigenvalue weighted by molar-refractivity contribution is 5.62. The first-order valence-electron chi connectivity index (χ1n) is 5.69. The zero-order valence-electron chi connectivity index (χ0n) is 9.79. The normalized spacial score (nSPS) is 19.1. The molecule has 2 nitrogen and oxygen atoms in total. The van der Waals surface area contributed by atoms with E-state index in [1.54, 1.807) is 7.11 Å². The summed E-state index contributed by atoms with van der Waals surface area (Å²) in [7, 11) is 1.73. The van der Waals surface area contributed by atoms with Crippen molar-refractivity contribution in [2.75, 3.05) is 18.6 Å². The number of methoxy groups -OCH3 is 1. The van der Waals surface area contributed by atoms with E-state index in [2.05, 4.69) is 36.9 Å². The zero-order valence-corrected chi connectivity index (χ0v) is 9.79. The molecule has 1 aromatic carbocycles. The fourth-order valence-corrected chi connectivity index (χ4v) is 2.36. The first-order chi connectivity index (χ1) is 7.26. The highest BCUT2D eigenvalue weighted by Crippen LogP contribution is 2.34. The van der Waals surface area contributed by atoms with Crippen molar-refractivity contribution >= 4 is 5.69 Å². The second-order valence-electron chi connectivity index (χ2n) is 4.24. The maximum atomic E-state index is 5.27. The van der Waals surface area contributed by atoms with Crippen LogP contribution >= 0.6 is 0 Å². The summed E-state index contributed by atoms with van der Waals surface area (Å²) in [6, 6.07) is 7.04. The lowest BCUT2D eigenvalue weighted by Gasteiger charge is -2.24. The molecule has 0 N–H and O–H groups in total. The molecule has 2 rings (SSSR count). The monoisotopic (exact) mass is 205 g/mol. The summed E-state index contributed by atoms with van der Waals surface area (Å²) < 4.78 is 5.27. The summed E-state index contributed by atoms with van der Waals surface area (Å²) in [5.74, 6) is 0.962. The molecule has 1 aliphatic rings. The van der Waals surface area contributed by atoms with E-state index in [0.717, 1.165) is 12.3 Å². The molecule has 0 fully saturated rings. The van der Waals surface area contributed by atoms with Crippen molar-refractivity contribution in [2.24, 2.45) is 0 Å². The summed E-state index contributed by atoms with van der Waals surface area (Å²) in [6.07, 6.45) is 2.36. The van der Waals surface area contributed by atoms with E-state index >= 15 is 0 Å². The number of fused-ring (bicyclic) bond motifs is 1. The largest absolute Gasteiger partial charge is 0.497 e. The Hall–Kier alpha value is -1.18. The van der Waals surface area contributed by atoms with Crippen molar-refractivity contribution in [3.8, 4) is 5.75 Å². The van der Waals surface area contributed by atoms with Crippen LogP contribution in [-0.4, -0.2) is 19.7 Å². The van der Waals surface area contributed by atoms with Crippen molar-refractivity contribution in [1.82, 2.24) is 0 Å². The van der Waals surface area contributed by atoms with Crippen LogP contribution in [0, 0.1) is 0 Å². The molecule has 2 heteroatoms. The van der Waals surface area contributed by atoms with E-state index in [4.69, 9.17) is 4.74 Å². The van der Waals surface area contributed by atoms with E-state index in [-0.39, 0.29) is 0 Å². The van der Waals surface area contributed by atoms with Crippen LogP contribution in [-0.2, 0) is 6.42 Å². The van der Waals surface area contributed by atoms with Crippen molar-refractivity contribution in [1.29, 1.82) is 0 Å². The Bertz CT molecular complexity index is 348. The van der Waals surface area contributed by atoms with Gasteiger partial charge < -0.3 is 9.64 Å². The highest BCUT2D eigenvalue weighted by Gasteiger charge is 2.25. The van der Waals surface area contributed by atoms with E-state index < -0.39 is 0 Å². The molecule has 0 aromatic heterocycles. The van der Waals surface area contributed by atoms with Gasteiger partial charge in [0, 0.05) is 24.3 Å². The first-order valence-corrected chi connectivity index (χ1v) is 5.69. The maximum absolute atomic E-state index is 5.27. The third-order valence-corrected chi connectivity index (χ3v) is 3.11. The third-order valence-electron chi connectivity index (χ3n) is 3.11. The minimum absolute atomic E-state index is 0.632. The molecular formula is C13H19NO. The average Bonchev–Trinajstić information content (AvgIpc) is 2.55. The standard InChI is InChI=1S/C13H19NO/c1-4-7-14-10(2)8-11-5-6-12(15-3)9-13(11)14/h5-6,9-10H,4,7-8H2,1-3H3. The lowest BCUT2D eigenvalue weighted by atomic mass is 10.1. The quantitative estimate of drug-likeness (QED) is 0.752. The van der Waals surface area contributed by atoms with Crippen LogP contribution in [0.5, 0.6) is 5.75 Å². The lowest BCUT2D eigenvalue weighted by molar-refractivity contribution is 0.415. The van der Waals surface area contributed by atoms with Crippen LogP contribution in [0.1, 0.15) is 25.8 Å². The molecule has 1 atom stereocenters. The fraction of sp³-hybridized carbons (Fsp3) is 0.538. The number of rotatable bonds is 3. The fourth-order valence-electron chi connectivity index (χ4n) is 2.36.